The average Bonchev–Trinajstić information content (AvgIpc) is 3.42. The van der Waals surface area contributed by atoms with Crippen LogP contribution in [0.1, 0.15) is 0 Å². The van der Waals surface area contributed by atoms with Crippen LogP contribution in [0.5, 0.6) is 0 Å². The summed E-state index contributed by atoms with van der Waals surface area (Å²) in [7, 11) is 0. The molecule has 7 rings (SSSR count). The maximum absolute atomic E-state index is 6.48. The molecule has 33 heavy (non-hydrogen) atoms. The van der Waals surface area contributed by atoms with Crippen LogP contribution >= 0.6 is 15.9 Å². The fourth-order valence-corrected chi connectivity index (χ4v) is 5.53. The Labute approximate surface area is 198 Å². The molecule has 2 heterocycles. The Morgan fingerprint density at radius 1 is 0.515 bits per heavy atom. The molecule has 0 atom stereocenters. The van der Waals surface area contributed by atoms with Crippen LogP contribution in [0, 0.1) is 0 Å². The topological polar surface area (TPSA) is 18.1 Å². The Kier molecular flexibility index (Phi) is 4.02. The summed E-state index contributed by atoms with van der Waals surface area (Å²) in [6, 6.07) is 38.4. The van der Waals surface area contributed by atoms with Crippen molar-refractivity contribution in [3.63, 3.8) is 0 Å². The molecule has 3 heteroatoms. The highest BCUT2D eigenvalue weighted by atomic mass is 79.9. The van der Waals surface area contributed by atoms with Gasteiger partial charge in [0.15, 0.2) is 0 Å². The van der Waals surface area contributed by atoms with Gasteiger partial charge in [-0.3, -0.25) is 0 Å². The van der Waals surface area contributed by atoms with Gasteiger partial charge in [0.2, 0.25) is 0 Å². The van der Waals surface area contributed by atoms with Gasteiger partial charge >= 0.3 is 0 Å². The van der Waals surface area contributed by atoms with Crippen molar-refractivity contribution in [3.8, 4) is 16.8 Å². The third kappa shape index (κ3) is 2.66. The largest absolute Gasteiger partial charge is 0.454 e. The van der Waals surface area contributed by atoms with E-state index in [0.717, 1.165) is 43.2 Å². The first-order valence-electron chi connectivity index (χ1n) is 11.0. The predicted molar refractivity (Wildman–Crippen MR) is 141 cm³/mol. The lowest BCUT2D eigenvalue weighted by Crippen LogP contribution is -1.95. The number of nitrogens with zero attached hydrogens (tertiary/aromatic N) is 1. The van der Waals surface area contributed by atoms with Crippen LogP contribution in [0.25, 0.3) is 60.6 Å². The van der Waals surface area contributed by atoms with Crippen LogP contribution in [0.3, 0.4) is 0 Å². The minimum absolute atomic E-state index is 0.885. The van der Waals surface area contributed by atoms with E-state index in [1.54, 1.807) is 0 Å². The number of hydrogen-bond acceptors (Lipinski definition) is 1. The molecular formula is C30H18BrNO. The molecule has 0 aliphatic carbocycles. The van der Waals surface area contributed by atoms with Gasteiger partial charge in [0.25, 0.3) is 0 Å². The van der Waals surface area contributed by atoms with E-state index in [-0.39, 0.29) is 0 Å². The highest BCUT2D eigenvalue weighted by Crippen LogP contribution is 2.42. The smallest absolute Gasteiger partial charge is 0.149 e. The molecular weight excluding hydrogens is 470 g/mol. The second kappa shape index (κ2) is 7.09. The van der Waals surface area contributed by atoms with Crippen LogP contribution in [0.2, 0.25) is 0 Å². The van der Waals surface area contributed by atoms with Gasteiger partial charge in [0.05, 0.1) is 15.5 Å². The summed E-state index contributed by atoms with van der Waals surface area (Å²) >= 11 is 3.66. The molecule has 0 saturated carbocycles. The Balaban J connectivity index is 1.66. The van der Waals surface area contributed by atoms with Gasteiger partial charge in [-0.05, 0) is 40.2 Å². The predicted octanol–water partition coefficient (Wildman–Crippen LogP) is 9.11. The Morgan fingerprint density at radius 3 is 2.00 bits per heavy atom. The first-order valence-corrected chi connectivity index (χ1v) is 11.8. The summed E-state index contributed by atoms with van der Waals surface area (Å²) in [5.41, 5.74) is 7.60. The van der Waals surface area contributed by atoms with Gasteiger partial charge in [0, 0.05) is 38.4 Å². The molecule has 7 aromatic rings. The summed E-state index contributed by atoms with van der Waals surface area (Å²) in [6.07, 6.45) is 0. The maximum Gasteiger partial charge on any atom is 0.149 e. The number of benzene rings is 5. The Hall–Kier alpha value is -3.82. The minimum Gasteiger partial charge on any atom is -0.454 e. The van der Waals surface area contributed by atoms with Crippen molar-refractivity contribution in [1.29, 1.82) is 0 Å². The number of halogens is 1. The molecule has 2 nitrogen and oxygen atoms in total. The van der Waals surface area contributed by atoms with Gasteiger partial charge in [-0.25, -0.2) is 0 Å². The fourth-order valence-electron chi connectivity index (χ4n) is 5.08. The molecule has 0 aliphatic rings. The molecule has 0 unspecified atom stereocenters. The monoisotopic (exact) mass is 487 g/mol. The van der Waals surface area contributed by atoms with Crippen molar-refractivity contribution in [2.24, 2.45) is 0 Å². The molecule has 0 N–H and O–H groups in total. The van der Waals surface area contributed by atoms with E-state index in [1.807, 2.05) is 6.07 Å². The highest BCUT2D eigenvalue weighted by Gasteiger charge is 2.19. The second-order valence-electron chi connectivity index (χ2n) is 8.29. The van der Waals surface area contributed by atoms with Crippen LogP contribution < -0.4 is 0 Å². The Morgan fingerprint density at radius 2 is 1.15 bits per heavy atom. The van der Waals surface area contributed by atoms with Gasteiger partial charge in [-0.15, -0.1) is 0 Å². The Bertz CT molecular complexity index is 1830. The van der Waals surface area contributed by atoms with Crippen molar-refractivity contribution in [3.05, 3.63) is 114 Å². The highest BCUT2D eigenvalue weighted by molar-refractivity contribution is 9.10. The molecule has 0 fully saturated rings. The fraction of sp³-hybridized carbons (Fsp3) is 0. The average molecular weight is 488 g/mol. The summed E-state index contributed by atoms with van der Waals surface area (Å²) in [4.78, 5) is 0. The number of rotatable bonds is 2. The van der Waals surface area contributed by atoms with Gasteiger partial charge in [-0.1, -0.05) is 84.9 Å². The molecule has 0 radical (unpaired) electrons. The van der Waals surface area contributed by atoms with Crippen LogP contribution in [-0.2, 0) is 0 Å². The van der Waals surface area contributed by atoms with E-state index in [1.165, 1.54) is 21.8 Å². The van der Waals surface area contributed by atoms with E-state index < -0.39 is 0 Å². The van der Waals surface area contributed by atoms with Crippen LogP contribution in [0.15, 0.2) is 118 Å². The van der Waals surface area contributed by atoms with E-state index in [4.69, 9.17) is 4.42 Å². The zero-order valence-electron chi connectivity index (χ0n) is 17.6. The summed E-state index contributed by atoms with van der Waals surface area (Å²) in [5, 5.41) is 4.74. The minimum atomic E-state index is 0.885. The zero-order valence-corrected chi connectivity index (χ0v) is 19.2. The second-order valence-corrected chi connectivity index (χ2v) is 9.15. The quantitative estimate of drug-likeness (QED) is 0.237. The van der Waals surface area contributed by atoms with E-state index in [0.29, 0.717) is 0 Å². The number of para-hydroxylation sites is 5. The number of aromatic nitrogens is 1. The first-order chi connectivity index (χ1) is 16.3. The SMILES string of the molecule is Brc1cccc2c1oc1c(-c3cccc4c5ccccc5n(-c5ccccc5)c34)cccc12. The molecule has 0 amide bonds. The molecule has 0 spiro atoms. The third-order valence-corrected chi connectivity index (χ3v) is 7.10. The maximum atomic E-state index is 6.48. The third-order valence-electron chi connectivity index (χ3n) is 6.48. The van der Waals surface area contributed by atoms with Crippen LogP contribution in [0.4, 0.5) is 0 Å². The summed E-state index contributed by atoms with van der Waals surface area (Å²) in [5.74, 6) is 0. The van der Waals surface area contributed by atoms with Crippen molar-refractivity contribution in [2.45, 2.75) is 0 Å². The number of hydrogen-bond donors (Lipinski definition) is 0. The molecule has 2 aromatic heterocycles. The van der Waals surface area contributed by atoms with Gasteiger partial charge in [0.1, 0.15) is 11.2 Å². The lowest BCUT2D eigenvalue weighted by Gasteiger charge is -2.12. The van der Waals surface area contributed by atoms with Crippen LogP contribution in [-0.4, -0.2) is 4.57 Å². The van der Waals surface area contributed by atoms with Gasteiger partial charge in [-0.2, -0.15) is 0 Å². The normalized spacial score (nSPS) is 11.8. The zero-order chi connectivity index (χ0) is 21.9. The summed E-state index contributed by atoms with van der Waals surface area (Å²) < 4.78 is 9.82. The van der Waals surface area contributed by atoms with E-state index >= 15 is 0 Å². The molecule has 0 bridgehead atoms. The standard InChI is InChI=1S/C30H18BrNO/c31-26-17-8-16-25-24-15-7-14-23(29(24)33-30(25)26)22-13-6-12-21-20-11-4-5-18-27(20)32(28(21)22)19-9-2-1-3-10-19/h1-18H. The van der Waals surface area contributed by atoms with E-state index in [9.17, 15) is 0 Å². The van der Waals surface area contributed by atoms with Crippen molar-refractivity contribution in [2.75, 3.05) is 0 Å². The number of fused-ring (bicyclic) bond motifs is 6. The molecule has 0 saturated heterocycles. The molecule has 0 aliphatic heterocycles. The summed E-state index contributed by atoms with van der Waals surface area (Å²) in [6.45, 7) is 0. The van der Waals surface area contributed by atoms with E-state index in [2.05, 4.69) is 124 Å². The lowest BCUT2D eigenvalue weighted by molar-refractivity contribution is 0.668. The lowest BCUT2D eigenvalue weighted by atomic mass is 9.99. The number of furan rings is 1. The van der Waals surface area contributed by atoms with Crippen molar-refractivity contribution < 1.29 is 4.42 Å². The molecule has 156 valence electrons. The van der Waals surface area contributed by atoms with Crippen molar-refractivity contribution >= 4 is 59.7 Å². The molecule has 5 aromatic carbocycles. The first kappa shape index (κ1) is 18.7. The van der Waals surface area contributed by atoms with Gasteiger partial charge < -0.3 is 8.98 Å². The van der Waals surface area contributed by atoms with Crippen molar-refractivity contribution in [1.82, 2.24) is 4.57 Å².